The van der Waals surface area contributed by atoms with Crippen LogP contribution in [0.2, 0.25) is 5.02 Å². The minimum atomic E-state index is -0.519. The van der Waals surface area contributed by atoms with Crippen molar-refractivity contribution in [1.82, 2.24) is 9.97 Å². The van der Waals surface area contributed by atoms with Crippen LogP contribution in [0.5, 0.6) is 0 Å². The fourth-order valence-corrected chi connectivity index (χ4v) is 1.72. The van der Waals surface area contributed by atoms with Crippen molar-refractivity contribution in [3.05, 3.63) is 45.4 Å². The van der Waals surface area contributed by atoms with Gasteiger partial charge in [0, 0.05) is 11.6 Å². The maximum Gasteiger partial charge on any atom is 0.288 e. The van der Waals surface area contributed by atoms with Crippen LogP contribution in [0.25, 0.3) is 11.3 Å². The van der Waals surface area contributed by atoms with Crippen molar-refractivity contribution in [2.75, 3.05) is 0 Å². The molecular weight excluding hydrogens is 256 g/mol. The minimum Gasteiger partial charge on any atom is -0.341 e. The summed E-state index contributed by atoms with van der Waals surface area (Å²) < 4.78 is 0. The molecule has 1 aromatic carbocycles. The Morgan fingerprint density at radius 2 is 2.28 bits per heavy atom. The average molecular weight is 267 g/mol. The van der Waals surface area contributed by atoms with Gasteiger partial charge < -0.3 is 10.7 Å². The predicted molar refractivity (Wildman–Crippen MR) is 68.3 cm³/mol. The van der Waals surface area contributed by atoms with Crippen molar-refractivity contribution in [1.29, 1.82) is 0 Å². The Kier molecular flexibility index (Phi) is 3.31. The third kappa shape index (κ3) is 2.34. The molecule has 18 heavy (non-hydrogen) atoms. The van der Waals surface area contributed by atoms with Crippen molar-refractivity contribution in [2.24, 2.45) is 5.73 Å². The van der Waals surface area contributed by atoms with E-state index < -0.39 is 4.92 Å². The Bertz CT molecular complexity index is 594. The third-order valence-corrected chi connectivity index (χ3v) is 2.80. The van der Waals surface area contributed by atoms with Crippen LogP contribution >= 0.6 is 11.6 Å². The molecule has 1 atom stereocenters. The maximum absolute atomic E-state index is 10.8. The molecule has 94 valence electrons. The number of aromatic amines is 1. The van der Waals surface area contributed by atoms with Gasteiger partial charge in [0.15, 0.2) is 0 Å². The van der Waals surface area contributed by atoms with Crippen LogP contribution in [0.3, 0.4) is 0 Å². The number of nitro groups is 1. The van der Waals surface area contributed by atoms with Gasteiger partial charge in [-0.25, -0.2) is 4.98 Å². The molecule has 1 aromatic heterocycles. The molecule has 2 aromatic rings. The van der Waals surface area contributed by atoms with Crippen LogP contribution in [0.15, 0.2) is 24.4 Å². The number of hydrogen-bond donors (Lipinski definition) is 2. The van der Waals surface area contributed by atoms with E-state index in [0.29, 0.717) is 17.1 Å². The molecule has 1 heterocycles. The van der Waals surface area contributed by atoms with Crippen molar-refractivity contribution in [2.45, 2.75) is 13.0 Å². The Hall–Kier alpha value is -1.92. The van der Waals surface area contributed by atoms with E-state index in [1.807, 2.05) is 0 Å². The second kappa shape index (κ2) is 4.75. The van der Waals surface area contributed by atoms with E-state index in [1.54, 1.807) is 19.2 Å². The monoisotopic (exact) mass is 266 g/mol. The molecular formula is C11H11ClN4O2. The predicted octanol–water partition coefficient (Wildman–Crippen LogP) is 2.66. The number of nitro benzene ring substituents is 1. The zero-order valence-electron chi connectivity index (χ0n) is 9.55. The first kappa shape index (κ1) is 12.5. The number of nitrogens with one attached hydrogen (secondary N) is 1. The number of aromatic nitrogens is 2. The number of imidazole rings is 1. The molecule has 3 N–H and O–H groups in total. The van der Waals surface area contributed by atoms with Crippen molar-refractivity contribution < 1.29 is 4.92 Å². The second-order valence-electron chi connectivity index (χ2n) is 3.89. The molecule has 2 rings (SSSR count). The van der Waals surface area contributed by atoms with Crippen LogP contribution in [-0.2, 0) is 0 Å². The summed E-state index contributed by atoms with van der Waals surface area (Å²) in [7, 11) is 0. The quantitative estimate of drug-likeness (QED) is 0.659. The van der Waals surface area contributed by atoms with Crippen molar-refractivity contribution >= 4 is 17.3 Å². The molecule has 0 spiro atoms. The van der Waals surface area contributed by atoms with E-state index in [9.17, 15) is 10.1 Å². The van der Waals surface area contributed by atoms with Crippen molar-refractivity contribution in [3.63, 3.8) is 0 Å². The number of benzene rings is 1. The van der Waals surface area contributed by atoms with E-state index in [-0.39, 0.29) is 16.8 Å². The molecule has 0 radical (unpaired) electrons. The highest BCUT2D eigenvalue weighted by molar-refractivity contribution is 6.32. The van der Waals surface area contributed by atoms with Gasteiger partial charge in [0.2, 0.25) is 0 Å². The number of nitrogens with zero attached hydrogens (tertiary/aromatic N) is 2. The molecule has 0 amide bonds. The molecule has 1 unspecified atom stereocenters. The number of H-pyrrole nitrogens is 1. The normalized spacial score (nSPS) is 12.4. The first-order valence-electron chi connectivity index (χ1n) is 5.24. The molecule has 0 saturated carbocycles. The lowest BCUT2D eigenvalue weighted by atomic mass is 10.1. The molecule has 0 fully saturated rings. The van der Waals surface area contributed by atoms with Crippen LogP contribution in [0.1, 0.15) is 18.8 Å². The number of rotatable bonds is 3. The van der Waals surface area contributed by atoms with Gasteiger partial charge in [-0.3, -0.25) is 10.1 Å². The lowest BCUT2D eigenvalue weighted by Gasteiger charge is -2.01. The zero-order chi connectivity index (χ0) is 13.3. The highest BCUT2D eigenvalue weighted by atomic mass is 35.5. The first-order valence-corrected chi connectivity index (χ1v) is 5.61. The summed E-state index contributed by atoms with van der Waals surface area (Å²) in [5.41, 5.74) is 6.86. The second-order valence-corrected chi connectivity index (χ2v) is 4.30. The van der Waals surface area contributed by atoms with E-state index in [4.69, 9.17) is 17.3 Å². The lowest BCUT2D eigenvalue weighted by Crippen LogP contribution is -2.06. The summed E-state index contributed by atoms with van der Waals surface area (Å²) in [6, 6.07) is 4.36. The first-order chi connectivity index (χ1) is 8.49. The SMILES string of the molecule is CC(N)c1ncc(-c2ccc(Cl)c([N+](=O)[O-])c2)[nH]1. The van der Waals surface area contributed by atoms with Gasteiger partial charge >= 0.3 is 0 Å². The van der Waals surface area contributed by atoms with E-state index in [0.717, 1.165) is 0 Å². The highest BCUT2D eigenvalue weighted by Crippen LogP contribution is 2.29. The smallest absolute Gasteiger partial charge is 0.288 e. The molecule has 0 saturated heterocycles. The lowest BCUT2D eigenvalue weighted by molar-refractivity contribution is -0.384. The van der Waals surface area contributed by atoms with Gasteiger partial charge in [-0.1, -0.05) is 17.7 Å². The van der Waals surface area contributed by atoms with E-state index in [2.05, 4.69) is 9.97 Å². The summed E-state index contributed by atoms with van der Waals surface area (Å²) in [5.74, 6) is 0.627. The van der Waals surface area contributed by atoms with Gasteiger partial charge in [-0.2, -0.15) is 0 Å². The summed E-state index contributed by atoms with van der Waals surface area (Å²) >= 11 is 5.75. The average Bonchev–Trinajstić information content (AvgIpc) is 2.78. The zero-order valence-corrected chi connectivity index (χ0v) is 10.3. The molecule has 7 heteroatoms. The Balaban J connectivity index is 2.44. The van der Waals surface area contributed by atoms with Crippen LogP contribution < -0.4 is 5.73 Å². The summed E-state index contributed by atoms with van der Waals surface area (Å²) in [6.45, 7) is 1.80. The number of halogens is 1. The molecule has 0 bridgehead atoms. The fraction of sp³-hybridized carbons (Fsp3) is 0.182. The highest BCUT2D eigenvalue weighted by Gasteiger charge is 2.15. The van der Waals surface area contributed by atoms with Gasteiger partial charge in [-0.15, -0.1) is 0 Å². The van der Waals surface area contributed by atoms with Gasteiger partial charge in [0.05, 0.1) is 22.9 Å². The Morgan fingerprint density at radius 1 is 1.56 bits per heavy atom. The van der Waals surface area contributed by atoms with E-state index >= 15 is 0 Å². The minimum absolute atomic E-state index is 0.107. The summed E-state index contributed by atoms with van der Waals surface area (Å²) in [4.78, 5) is 17.4. The Labute approximate surface area is 108 Å². The van der Waals surface area contributed by atoms with Gasteiger partial charge in [0.25, 0.3) is 5.69 Å². The largest absolute Gasteiger partial charge is 0.341 e. The molecule has 6 nitrogen and oxygen atoms in total. The van der Waals surface area contributed by atoms with Crippen LogP contribution in [0.4, 0.5) is 5.69 Å². The fourth-order valence-electron chi connectivity index (χ4n) is 1.53. The number of nitrogens with two attached hydrogens (primary N) is 1. The maximum atomic E-state index is 10.8. The molecule has 0 aliphatic heterocycles. The topological polar surface area (TPSA) is 97.8 Å². The molecule has 0 aliphatic rings. The summed E-state index contributed by atoms with van der Waals surface area (Å²) in [5, 5.41) is 10.9. The standard InChI is InChI=1S/C11H11ClN4O2/c1-6(13)11-14-5-9(15-11)7-2-3-8(12)10(4-7)16(17)18/h2-6H,13H2,1H3,(H,14,15). The van der Waals surface area contributed by atoms with Crippen LogP contribution in [0, 0.1) is 10.1 Å². The number of hydrogen-bond acceptors (Lipinski definition) is 4. The van der Waals surface area contributed by atoms with Crippen LogP contribution in [-0.4, -0.2) is 14.9 Å². The van der Waals surface area contributed by atoms with Gasteiger partial charge in [-0.05, 0) is 13.0 Å². The third-order valence-electron chi connectivity index (χ3n) is 2.48. The van der Waals surface area contributed by atoms with Crippen molar-refractivity contribution in [3.8, 4) is 11.3 Å². The van der Waals surface area contributed by atoms with Gasteiger partial charge in [0.1, 0.15) is 10.8 Å². The van der Waals surface area contributed by atoms with E-state index in [1.165, 1.54) is 12.1 Å². The summed E-state index contributed by atoms with van der Waals surface area (Å²) in [6.07, 6.45) is 1.59. The molecule has 0 aliphatic carbocycles. The Morgan fingerprint density at radius 3 is 2.83 bits per heavy atom.